The minimum absolute atomic E-state index is 0.638. The second-order valence-corrected chi connectivity index (χ2v) is 6.34. The van der Waals surface area contributed by atoms with E-state index in [1.54, 1.807) is 0 Å². The van der Waals surface area contributed by atoms with Gasteiger partial charge >= 0.3 is 0 Å². The fourth-order valence-electron chi connectivity index (χ4n) is 2.89. The molecule has 2 nitrogen and oxygen atoms in total. The van der Waals surface area contributed by atoms with Crippen LogP contribution in [0.2, 0.25) is 0 Å². The summed E-state index contributed by atoms with van der Waals surface area (Å²) in [5, 5.41) is 0. The molecule has 0 spiro atoms. The van der Waals surface area contributed by atoms with Gasteiger partial charge in [-0.2, -0.15) is 0 Å². The van der Waals surface area contributed by atoms with Gasteiger partial charge in [0.1, 0.15) is 12.4 Å². The van der Waals surface area contributed by atoms with Gasteiger partial charge in [0, 0.05) is 6.61 Å². The zero-order valence-electron chi connectivity index (χ0n) is 13.6. The molecule has 118 valence electrons. The van der Waals surface area contributed by atoms with E-state index in [1.807, 2.05) is 0 Å². The van der Waals surface area contributed by atoms with E-state index < -0.39 is 0 Å². The van der Waals surface area contributed by atoms with E-state index in [-0.39, 0.29) is 0 Å². The van der Waals surface area contributed by atoms with E-state index in [0.29, 0.717) is 19.1 Å². The van der Waals surface area contributed by atoms with Gasteiger partial charge in [-0.3, -0.25) is 0 Å². The average Bonchev–Trinajstić information content (AvgIpc) is 2.55. The van der Waals surface area contributed by atoms with Crippen LogP contribution in [0.1, 0.15) is 63.9 Å². The van der Waals surface area contributed by atoms with Crippen molar-refractivity contribution in [3.05, 3.63) is 29.8 Å². The lowest BCUT2D eigenvalue weighted by Gasteiger charge is -2.22. The monoisotopic (exact) mass is 290 g/mol. The van der Waals surface area contributed by atoms with E-state index in [1.165, 1.54) is 44.1 Å². The quantitative estimate of drug-likeness (QED) is 0.614. The zero-order valence-corrected chi connectivity index (χ0v) is 13.6. The lowest BCUT2D eigenvalue weighted by atomic mass is 9.84. The number of hydrogen-bond donors (Lipinski definition) is 0. The van der Waals surface area contributed by atoms with Crippen molar-refractivity contribution < 1.29 is 9.47 Å². The molecule has 0 aliphatic heterocycles. The minimum Gasteiger partial charge on any atom is -0.491 e. The fourth-order valence-corrected chi connectivity index (χ4v) is 2.89. The third kappa shape index (κ3) is 5.70. The van der Waals surface area contributed by atoms with E-state index in [2.05, 4.69) is 38.1 Å². The van der Waals surface area contributed by atoms with Gasteiger partial charge in [-0.25, -0.2) is 0 Å². The number of rotatable bonds is 8. The Kier molecular flexibility index (Phi) is 7.08. The predicted octanol–water partition coefficient (Wildman–Crippen LogP) is 5.18. The minimum atomic E-state index is 0.638. The average molecular weight is 290 g/mol. The van der Waals surface area contributed by atoms with Crippen molar-refractivity contribution in [1.29, 1.82) is 0 Å². The molecule has 21 heavy (non-hydrogen) atoms. The first-order valence-corrected chi connectivity index (χ1v) is 8.60. The topological polar surface area (TPSA) is 18.5 Å². The Bertz CT molecular complexity index is 379. The number of hydrogen-bond acceptors (Lipinski definition) is 2. The molecular weight excluding hydrogens is 260 g/mol. The molecule has 1 unspecified atom stereocenters. The summed E-state index contributed by atoms with van der Waals surface area (Å²) in [5.41, 5.74) is 1.48. The summed E-state index contributed by atoms with van der Waals surface area (Å²) in [6.45, 7) is 6.55. The first-order chi connectivity index (χ1) is 10.3. The van der Waals surface area contributed by atoms with Gasteiger partial charge < -0.3 is 9.47 Å². The normalized spacial score (nSPS) is 17.6. The Morgan fingerprint density at radius 2 is 1.76 bits per heavy atom. The van der Waals surface area contributed by atoms with Gasteiger partial charge in [0.25, 0.3) is 0 Å². The summed E-state index contributed by atoms with van der Waals surface area (Å²) in [7, 11) is 0. The van der Waals surface area contributed by atoms with Crippen molar-refractivity contribution in [1.82, 2.24) is 0 Å². The first kappa shape index (κ1) is 16.4. The van der Waals surface area contributed by atoms with Crippen LogP contribution in [-0.4, -0.2) is 19.8 Å². The van der Waals surface area contributed by atoms with Crippen LogP contribution < -0.4 is 4.74 Å². The first-order valence-electron chi connectivity index (χ1n) is 8.60. The molecule has 0 bridgehead atoms. The second kappa shape index (κ2) is 9.09. The summed E-state index contributed by atoms with van der Waals surface area (Å²) in [5.74, 6) is 2.37. The maximum absolute atomic E-state index is 5.74. The molecule has 0 aromatic heterocycles. The zero-order chi connectivity index (χ0) is 14.9. The van der Waals surface area contributed by atoms with Crippen molar-refractivity contribution >= 4 is 0 Å². The smallest absolute Gasteiger partial charge is 0.119 e. The second-order valence-electron chi connectivity index (χ2n) is 6.34. The highest BCUT2D eigenvalue weighted by molar-refractivity contribution is 5.29. The predicted molar refractivity (Wildman–Crippen MR) is 88.0 cm³/mol. The third-order valence-corrected chi connectivity index (χ3v) is 4.55. The van der Waals surface area contributed by atoms with Crippen molar-refractivity contribution in [2.45, 2.75) is 58.3 Å². The van der Waals surface area contributed by atoms with E-state index in [4.69, 9.17) is 9.47 Å². The largest absolute Gasteiger partial charge is 0.491 e. The fraction of sp³-hybridized carbons (Fsp3) is 0.684. The molecule has 2 heteroatoms. The van der Waals surface area contributed by atoms with Crippen LogP contribution in [0.4, 0.5) is 0 Å². The number of benzene rings is 1. The van der Waals surface area contributed by atoms with E-state index in [0.717, 1.165) is 18.3 Å². The maximum Gasteiger partial charge on any atom is 0.119 e. The maximum atomic E-state index is 5.74. The Hall–Kier alpha value is -1.02. The Labute approximate surface area is 129 Å². The molecule has 0 N–H and O–H groups in total. The van der Waals surface area contributed by atoms with Crippen LogP contribution in [0.15, 0.2) is 24.3 Å². The van der Waals surface area contributed by atoms with Crippen LogP contribution in [0.5, 0.6) is 5.75 Å². The number of ether oxygens (including phenoxy) is 2. The Balaban J connectivity index is 1.67. The van der Waals surface area contributed by atoms with Crippen LogP contribution >= 0.6 is 0 Å². The molecule has 1 fully saturated rings. The molecule has 0 amide bonds. The molecule has 1 atom stereocenters. The van der Waals surface area contributed by atoms with Gasteiger partial charge in [-0.15, -0.1) is 0 Å². The molecule has 1 aromatic rings. The van der Waals surface area contributed by atoms with Crippen LogP contribution in [0.3, 0.4) is 0 Å². The highest BCUT2D eigenvalue weighted by atomic mass is 16.5. The van der Waals surface area contributed by atoms with Gasteiger partial charge in [0.05, 0.1) is 6.61 Å². The summed E-state index contributed by atoms with van der Waals surface area (Å²) in [6.07, 6.45) is 8.05. The molecule has 1 saturated carbocycles. The molecule has 1 aliphatic carbocycles. The van der Waals surface area contributed by atoms with Crippen LogP contribution in [0.25, 0.3) is 0 Å². The lowest BCUT2D eigenvalue weighted by Crippen LogP contribution is -2.11. The van der Waals surface area contributed by atoms with E-state index in [9.17, 15) is 0 Å². The highest BCUT2D eigenvalue weighted by Crippen LogP contribution is 2.33. The third-order valence-electron chi connectivity index (χ3n) is 4.55. The molecule has 1 aromatic carbocycles. The summed E-state index contributed by atoms with van der Waals surface area (Å²) >= 11 is 0. The molecule has 0 saturated heterocycles. The lowest BCUT2D eigenvalue weighted by molar-refractivity contribution is 0.0771. The van der Waals surface area contributed by atoms with Gasteiger partial charge in [-0.1, -0.05) is 51.7 Å². The van der Waals surface area contributed by atoms with Crippen LogP contribution in [-0.2, 0) is 4.74 Å². The van der Waals surface area contributed by atoms with Crippen molar-refractivity contribution in [3.8, 4) is 5.75 Å². The van der Waals surface area contributed by atoms with Crippen molar-refractivity contribution in [2.24, 2.45) is 5.92 Å². The van der Waals surface area contributed by atoms with Crippen molar-refractivity contribution in [3.63, 3.8) is 0 Å². The van der Waals surface area contributed by atoms with Gasteiger partial charge in [0.15, 0.2) is 0 Å². The molecule has 1 aliphatic rings. The van der Waals surface area contributed by atoms with Gasteiger partial charge in [0.2, 0.25) is 0 Å². The highest BCUT2D eigenvalue weighted by Gasteiger charge is 2.15. The SMILES string of the molecule is CCC(C)COCCOc1ccc(C2CCCCC2)cc1. The van der Waals surface area contributed by atoms with E-state index >= 15 is 0 Å². The molecule has 0 radical (unpaired) electrons. The molecule has 2 rings (SSSR count). The van der Waals surface area contributed by atoms with Gasteiger partial charge in [-0.05, 0) is 42.4 Å². The Morgan fingerprint density at radius 1 is 1.05 bits per heavy atom. The summed E-state index contributed by atoms with van der Waals surface area (Å²) in [6, 6.07) is 8.70. The Morgan fingerprint density at radius 3 is 2.43 bits per heavy atom. The molecular formula is C19H30O2. The summed E-state index contributed by atoms with van der Waals surface area (Å²) < 4.78 is 11.3. The van der Waals surface area contributed by atoms with Crippen molar-refractivity contribution in [2.75, 3.05) is 19.8 Å². The van der Waals surface area contributed by atoms with Crippen LogP contribution in [0, 0.1) is 5.92 Å². The molecule has 0 heterocycles. The summed E-state index contributed by atoms with van der Waals surface area (Å²) in [4.78, 5) is 0. The standard InChI is InChI=1S/C19H30O2/c1-3-16(2)15-20-13-14-21-19-11-9-18(10-12-19)17-7-5-4-6-8-17/h9-12,16-17H,3-8,13-15H2,1-2H3.